The molecule has 1 heterocycles. The lowest BCUT2D eigenvalue weighted by molar-refractivity contribution is 0.0689. The zero-order valence-electron chi connectivity index (χ0n) is 12.6. The number of carboxylic acids is 1. The Kier molecular flexibility index (Phi) is 4.32. The Morgan fingerprint density at radius 1 is 1.09 bits per heavy atom. The van der Waals surface area contributed by atoms with Gasteiger partial charge in [0.1, 0.15) is 5.69 Å². The fourth-order valence-corrected chi connectivity index (χ4v) is 2.53. The van der Waals surface area contributed by atoms with Gasteiger partial charge in [0.2, 0.25) is 0 Å². The van der Waals surface area contributed by atoms with Crippen LogP contribution < -0.4 is 4.90 Å². The molecule has 0 unspecified atom stereocenters. The highest BCUT2D eigenvalue weighted by Gasteiger charge is 2.26. The molecule has 0 saturated heterocycles. The van der Waals surface area contributed by atoms with Crippen LogP contribution in [0.3, 0.4) is 0 Å². The number of carbonyl (C=O) groups excluding carboxylic acids is 1. The first-order chi connectivity index (χ1) is 11.1. The molecule has 1 aromatic carbocycles. The van der Waals surface area contributed by atoms with Gasteiger partial charge in [-0.25, -0.2) is 14.8 Å². The fourth-order valence-electron chi connectivity index (χ4n) is 2.53. The quantitative estimate of drug-likeness (QED) is 0.917. The van der Waals surface area contributed by atoms with E-state index in [2.05, 4.69) is 9.97 Å². The number of aromatic carboxylic acids is 1. The smallest absolute Gasteiger partial charge is 0.356 e. The van der Waals surface area contributed by atoms with E-state index in [1.54, 1.807) is 4.90 Å². The average Bonchev–Trinajstić information content (AvgIpc) is 2.54. The molecule has 3 rings (SSSR count). The molecule has 1 fully saturated rings. The van der Waals surface area contributed by atoms with E-state index in [9.17, 15) is 9.59 Å². The van der Waals surface area contributed by atoms with E-state index in [0.29, 0.717) is 12.5 Å². The van der Waals surface area contributed by atoms with Crippen molar-refractivity contribution in [3.63, 3.8) is 0 Å². The second-order valence-corrected chi connectivity index (χ2v) is 5.64. The summed E-state index contributed by atoms with van der Waals surface area (Å²) in [4.78, 5) is 33.1. The van der Waals surface area contributed by atoms with E-state index in [-0.39, 0.29) is 17.3 Å². The number of carboxylic acid groups (broad SMARTS) is 1. The van der Waals surface area contributed by atoms with Crippen LogP contribution in [0.1, 0.15) is 40.2 Å². The fraction of sp³-hybridized carbons (Fsp3) is 0.294. The number of aromatic nitrogens is 2. The number of rotatable bonds is 5. The third kappa shape index (κ3) is 3.36. The number of para-hydroxylation sites is 1. The van der Waals surface area contributed by atoms with Gasteiger partial charge in [0.15, 0.2) is 5.69 Å². The minimum atomic E-state index is -1.16. The monoisotopic (exact) mass is 311 g/mol. The highest BCUT2D eigenvalue weighted by molar-refractivity contribution is 6.04. The van der Waals surface area contributed by atoms with Crippen molar-refractivity contribution in [1.82, 2.24) is 9.97 Å². The maximum absolute atomic E-state index is 12.8. The Morgan fingerprint density at radius 2 is 1.74 bits per heavy atom. The second kappa shape index (κ2) is 6.56. The number of nitrogens with zero attached hydrogens (tertiary/aromatic N) is 3. The Bertz CT molecular complexity index is 697. The van der Waals surface area contributed by atoms with Crippen molar-refractivity contribution in [1.29, 1.82) is 0 Å². The standard InChI is InChI=1S/C17H17N3O3/c21-16(14-9-19-15(10-18-14)17(22)23)20(11-12-5-4-6-12)13-7-2-1-3-8-13/h1-3,7-10,12H,4-6,11H2,(H,22,23). The van der Waals surface area contributed by atoms with Crippen LogP contribution >= 0.6 is 0 Å². The van der Waals surface area contributed by atoms with Gasteiger partial charge in [-0.1, -0.05) is 24.6 Å². The topological polar surface area (TPSA) is 83.4 Å². The molecule has 0 radical (unpaired) electrons. The molecule has 1 aliphatic carbocycles. The molecule has 0 atom stereocenters. The van der Waals surface area contributed by atoms with Crippen LogP contribution in [-0.4, -0.2) is 33.5 Å². The molecule has 1 N–H and O–H groups in total. The Hall–Kier alpha value is -2.76. The third-order valence-electron chi connectivity index (χ3n) is 4.07. The number of hydrogen-bond acceptors (Lipinski definition) is 4. The van der Waals surface area contributed by atoms with Crippen molar-refractivity contribution < 1.29 is 14.7 Å². The summed E-state index contributed by atoms with van der Waals surface area (Å²) in [6.45, 7) is 0.644. The predicted molar refractivity (Wildman–Crippen MR) is 84.5 cm³/mol. The predicted octanol–water partition coefficient (Wildman–Crippen LogP) is 2.62. The first kappa shape index (κ1) is 15.1. The molecule has 23 heavy (non-hydrogen) atoms. The number of benzene rings is 1. The molecule has 0 spiro atoms. The van der Waals surface area contributed by atoms with Gasteiger partial charge in [0.05, 0.1) is 12.4 Å². The third-order valence-corrected chi connectivity index (χ3v) is 4.07. The molecular formula is C17H17N3O3. The van der Waals surface area contributed by atoms with Crippen molar-refractivity contribution in [3.05, 3.63) is 54.1 Å². The Labute approximate surface area is 133 Å². The van der Waals surface area contributed by atoms with E-state index >= 15 is 0 Å². The first-order valence-corrected chi connectivity index (χ1v) is 7.57. The zero-order chi connectivity index (χ0) is 16.2. The van der Waals surface area contributed by atoms with Crippen LogP contribution in [0.5, 0.6) is 0 Å². The Morgan fingerprint density at radius 3 is 2.26 bits per heavy atom. The van der Waals surface area contributed by atoms with E-state index in [1.165, 1.54) is 12.6 Å². The maximum atomic E-state index is 12.8. The van der Waals surface area contributed by atoms with Gasteiger partial charge in [0, 0.05) is 12.2 Å². The van der Waals surface area contributed by atoms with Gasteiger partial charge in [-0.15, -0.1) is 0 Å². The average molecular weight is 311 g/mol. The van der Waals surface area contributed by atoms with Gasteiger partial charge >= 0.3 is 5.97 Å². The number of hydrogen-bond donors (Lipinski definition) is 1. The molecule has 1 aliphatic rings. The SMILES string of the molecule is O=C(O)c1cnc(C(=O)N(CC2CCC2)c2ccccc2)cn1. The zero-order valence-corrected chi connectivity index (χ0v) is 12.6. The first-order valence-electron chi connectivity index (χ1n) is 7.57. The molecule has 0 bridgehead atoms. The normalized spacial score (nSPS) is 14.1. The molecule has 1 saturated carbocycles. The molecular weight excluding hydrogens is 294 g/mol. The van der Waals surface area contributed by atoms with Gasteiger partial charge in [-0.2, -0.15) is 0 Å². The van der Waals surface area contributed by atoms with Crippen LogP contribution in [0.25, 0.3) is 0 Å². The highest BCUT2D eigenvalue weighted by Crippen LogP contribution is 2.29. The van der Waals surface area contributed by atoms with Crippen LogP contribution in [0, 0.1) is 5.92 Å². The summed E-state index contributed by atoms with van der Waals surface area (Å²) in [5, 5.41) is 8.86. The molecule has 118 valence electrons. The van der Waals surface area contributed by atoms with Crippen LogP contribution in [-0.2, 0) is 0 Å². The lowest BCUT2D eigenvalue weighted by Crippen LogP contribution is -2.38. The van der Waals surface area contributed by atoms with E-state index in [4.69, 9.17) is 5.11 Å². The molecule has 0 aliphatic heterocycles. The van der Waals surface area contributed by atoms with Crippen molar-refractivity contribution in [2.24, 2.45) is 5.92 Å². The summed E-state index contributed by atoms with van der Waals surface area (Å²) < 4.78 is 0. The molecule has 2 aromatic rings. The largest absolute Gasteiger partial charge is 0.476 e. The van der Waals surface area contributed by atoms with E-state index in [1.807, 2.05) is 30.3 Å². The van der Waals surface area contributed by atoms with Crippen LogP contribution in [0.4, 0.5) is 5.69 Å². The van der Waals surface area contributed by atoms with Crippen molar-refractivity contribution in [3.8, 4) is 0 Å². The Balaban J connectivity index is 1.85. The van der Waals surface area contributed by atoms with Crippen molar-refractivity contribution >= 4 is 17.6 Å². The minimum absolute atomic E-state index is 0.151. The van der Waals surface area contributed by atoms with Gasteiger partial charge in [-0.3, -0.25) is 4.79 Å². The van der Waals surface area contributed by atoms with E-state index in [0.717, 1.165) is 24.7 Å². The molecule has 6 nitrogen and oxygen atoms in total. The van der Waals surface area contributed by atoms with Gasteiger partial charge in [0.25, 0.3) is 5.91 Å². The van der Waals surface area contributed by atoms with Gasteiger partial charge < -0.3 is 10.0 Å². The van der Waals surface area contributed by atoms with Gasteiger partial charge in [-0.05, 0) is 30.9 Å². The summed E-state index contributed by atoms with van der Waals surface area (Å²) in [6.07, 6.45) is 5.79. The summed E-state index contributed by atoms with van der Waals surface area (Å²) in [7, 11) is 0. The van der Waals surface area contributed by atoms with E-state index < -0.39 is 5.97 Å². The molecule has 6 heteroatoms. The van der Waals surface area contributed by atoms with Crippen molar-refractivity contribution in [2.45, 2.75) is 19.3 Å². The lowest BCUT2D eigenvalue weighted by atomic mass is 9.85. The molecule has 1 aromatic heterocycles. The highest BCUT2D eigenvalue weighted by atomic mass is 16.4. The summed E-state index contributed by atoms with van der Waals surface area (Å²) in [5.41, 5.74) is 0.790. The summed E-state index contributed by atoms with van der Waals surface area (Å²) >= 11 is 0. The summed E-state index contributed by atoms with van der Waals surface area (Å²) in [5.74, 6) is -0.913. The summed E-state index contributed by atoms with van der Waals surface area (Å²) in [6, 6.07) is 9.44. The van der Waals surface area contributed by atoms with Crippen molar-refractivity contribution in [2.75, 3.05) is 11.4 Å². The molecule has 1 amide bonds. The second-order valence-electron chi connectivity index (χ2n) is 5.64. The number of amides is 1. The lowest BCUT2D eigenvalue weighted by Gasteiger charge is -2.32. The number of carbonyl (C=O) groups is 2. The maximum Gasteiger partial charge on any atom is 0.356 e. The van der Waals surface area contributed by atoms with Crippen LogP contribution in [0.2, 0.25) is 0 Å². The number of anilines is 1. The van der Waals surface area contributed by atoms with Crippen LogP contribution in [0.15, 0.2) is 42.7 Å². The minimum Gasteiger partial charge on any atom is -0.476 e.